The molecule has 0 bridgehead atoms. The lowest BCUT2D eigenvalue weighted by Crippen LogP contribution is -2.28. The van der Waals surface area contributed by atoms with Crippen LogP contribution in [0.25, 0.3) is 0 Å². The predicted octanol–water partition coefficient (Wildman–Crippen LogP) is -1.88. The van der Waals surface area contributed by atoms with E-state index in [0.29, 0.717) is 6.54 Å². The van der Waals surface area contributed by atoms with Crippen molar-refractivity contribution < 1.29 is 18.3 Å². The number of ether oxygens (including phenoxy) is 1. The third-order valence-corrected chi connectivity index (χ3v) is 3.41. The van der Waals surface area contributed by atoms with Crippen molar-refractivity contribution in [3.05, 3.63) is 0 Å². The normalized spacial score (nSPS) is 33.8. The maximum atomic E-state index is 10.9. The van der Waals surface area contributed by atoms with E-state index >= 15 is 0 Å². The second-order valence-corrected chi connectivity index (χ2v) is 5.00. The summed E-state index contributed by atoms with van der Waals surface area (Å²) in [7, 11) is -3.09. The Morgan fingerprint density at radius 1 is 1.50 bits per heavy atom. The molecule has 1 heterocycles. The Morgan fingerprint density at radius 3 is 2.58 bits per heavy atom. The van der Waals surface area contributed by atoms with E-state index in [-0.39, 0.29) is 18.1 Å². The Labute approximate surface area is 71.4 Å². The highest BCUT2D eigenvalue weighted by atomic mass is 32.2. The summed E-state index contributed by atoms with van der Waals surface area (Å²) in [6.45, 7) is 0.626. The van der Waals surface area contributed by atoms with Gasteiger partial charge in [0.1, 0.15) is 0 Å². The standard InChI is InChI=1S/C6H13NO4S/c7-1-2-11-6-4-12(9,10)3-5(6)8/h5-6,8H,1-4,7H2. The van der Waals surface area contributed by atoms with E-state index in [1.807, 2.05) is 0 Å². The zero-order chi connectivity index (χ0) is 9.19. The summed E-state index contributed by atoms with van der Waals surface area (Å²) in [5.41, 5.74) is 5.16. The smallest absolute Gasteiger partial charge is 0.155 e. The molecule has 0 saturated carbocycles. The minimum absolute atomic E-state index is 0.0891. The molecule has 2 atom stereocenters. The Hall–Kier alpha value is -0.170. The number of nitrogens with two attached hydrogens (primary N) is 1. The van der Waals surface area contributed by atoms with Crippen LogP contribution in [-0.2, 0) is 14.6 Å². The summed E-state index contributed by atoms with van der Waals surface area (Å²) < 4.78 is 26.9. The monoisotopic (exact) mass is 195 g/mol. The lowest BCUT2D eigenvalue weighted by Gasteiger charge is -2.12. The molecular formula is C6H13NO4S. The largest absolute Gasteiger partial charge is 0.389 e. The molecule has 5 nitrogen and oxygen atoms in total. The van der Waals surface area contributed by atoms with Crippen LogP contribution >= 0.6 is 0 Å². The van der Waals surface area contributed by atoms with E-state index in [9.17, 15) is 13.5 Å². The molecule has 1 saturated heterocycles. The van der Waals surface area contributed by atoms with E-state index in [2.05, 4.69) is 0 Å². The molecule has 1 aliphatic heterocycles. The number of sulfone groups is 1. The lowest BCUT2D eigenvalue weighted by molar-refractivity contribution is -0.00407. The van der Waals surface area contributed by atoms with Crippen LogP contribution in [0.5, 0.6) is 0 Å². The molecule has 0 aromatic rings. The van der Waals surface area contributed by atoms with Crippen LogP contribution in [0.3, 0.4) is 0 Å². The molecule has 6 heteroatoms. The molecule has 0 aliphatic carbocycles. The minimum atomic E-state index is -3.09. The highest BCUT2D eigenvalue weighted by Crippen LogP contribution is 2.15. The van der Waals surface area contributed by atoms with Gasteiger partial charge in [0, 0.05) is 6.54 Å². The molecule has 2 unspecified atom stereocenters. The second kappa shape index (κ2) is 3.69. The highest BCUT2D eigenvalue weighted by molar-refractivity contribution is 7.91. The zero-order valence-corrected chi connectivity index (χ0v) is 7.46. The summed E-state index contributed by atoms with van der Waals surface area (Å²) in [5.74, 6) is -0.281. The van der Waals surface area contributed by atoms with Crippen molar-refractivity contribution in [2.75, 3.05) is 24.7 Å². The van der Waals surface area contributed by atoms with Gasteiger partial charge in [0.2, 0.25) is 0 Å². The fourth-order valence-electron chi connectivity index (χ4n) is 1.18. The molecular weight excluding hydrogens is 182 g/mol. The SMILES string of the molecule is NCCOC1CS(=O)(=O)CC1O. The van der Waals surface area contributed by atoms with Crippen LogP contribution in [0.15, 0.2) is 0 Å². The maximum Gasteiger partial charge on any atom is 0.155 e. The summed E-state index contributed by atoms with van der Waals surface area (Å²) in [6, 6.07) is 0. The van der Waals surface area contributed by atoms with Gasteiger partial charge in [0.15, 0.2) is 9.84 Å². The quantitative estimate of drug-likeness (QED) is 0.550. The first kappa shape index (κ1) is 9.91. The third-order valence-electron chi connectivity index (χ3n) is 1.72. The van der Waals surface area contributed by atoms with Crippen LogP contribution in [0, 0.1) is 0 Å². The van der Waals surface area contributed by atoms with Gasteiger partial charge < -0.3 is 15.6 Å². The third kappa shape index (κ3) is 2.41. The van der Waals surface area contributed by atoms with Gasteiger partial charge in [0.25, 0.3) is 0 Å². The molecule has 0 spiro atoms. The Bertz CT molecular complexity index is 238. The topological polar surface area (TPSA) is 89.6 Å². The van der Waals surface area contributed by atoms with E-state index in [0.717, 1.165) is 0 Å². The zero-order valence-electron chi connectivity index (χ0n) is 6.64. The van der Waals surface area contributed by atoms with Crippen molar-refractivity contribution in [3.63, 3.8) is 0 Å². The summed E-state index contributed by atoms with van der Waals surface area (Å²) in [4.78, 5) is 0. The van der Waals surface area contributed by atoms with Gasteiger partial charge in [-0.1, -0.05) is 0 Å². The molecule has 1 rings (SSSR count). The Balaban J connectivity index is 2.47. The molecule has 0 aromatic heterocycles. The van der Waals surface area contributed by atoms with Crippen LogP contribution < -0.4 is 5.73 Å². The molecule has 0 radical (unpaired) electrons. The number of hydrogen-bond donors (Lipinski definition) is 2. The summed E-state index contributed by atoms with van der Waals surface area (Å²) >= 11 is 0. The number of aliphatic hydroxyl groups excluding tert-OH is 1. The van der Waals surface area contributed by atoms with Crippen molar-refractivity contribution in [3.8, 4) is 0 Å². The molecule has 1 fully saturated rings. The van der Waals surface area contributed by atoms with Crippen LogP contribution in [0.2, 0.25) is 0 Å². The van der Waals surface area contributed by atoms with Gasteiger partial charge in [-0.25, -0.2) is 8.42 Å². The summed E-state index contributed by atoms with van der Waals surface area (Å²) in [5, 5.41) is 9.21. The van der Waals surface area contributed by atoms with E-state index < -0.39 is 22.0 Å². The van der Waals surface area contributed by atoms with Crippen molar-refractivity contribution in [1.82, 2.24) is 0 Å². The molecule has 0 amide bonds. The second-order valence-electron chi connectivity index (χ2n) is 2.84. The molecule has 12 heavy (non-hydrogen) atoms. The predicted molar refractivity (Wildman–Crippen MR) is 43.5 cm³/mol. The molecule has 0 aromatic carbocycles. The molecule has 3 N–H and O–H groups in total. The van der Waals surface area contributed by atoms with Gasteiger partial charge in [-0.3, -0.25) is 0 Å². The first-order valence-electron chi connectivity index (χ1n) is 3.75. The van der Waals surface area contributed by atoms with Crippen LogP contribution in [-0.4, -0.2) is 50.4 Å². The Kier molecular flexibility index (Phi) is 3.05. The van der Waals surface area contributed by atoms with Crippen molar-refractivity contribution in [1.29, 1.82) is 0 Å². The first-order chi connectivity index (χ1) is 5.55. The average molecular weight is 195 g/mol. The average Bonchev–Trinajstić information content (AvgIpc) is 2.20. The molecule has 1 aliphatic rings. The van der Waals surface area contributed by atoms with E-state index in [1.165, 1.54) is 0 Å². The van der Waals surface area contributed by atoms with E-state index in [1.54, 1.807) is 0 Å². The fraction of sp³-hybridized carbons (Fsp3) is 1.00. The van der Waals surface area contributed by atoms with E-state index in [4.69, 9.17) is 10.5 Å². The van der Waals surface area contributed by atoms with Crippen molar-refractivity contribution in [2.24, 2.45) is 5.73 Å². The minimum Gasteiger partial charge on any atom is -0.389 e. The van der Waals surface area contributed by atoms with Gasteiger partial charge in [-0.2, -0.15) is 0 Å². The Morgan fingerprint density at radius 2 is 2.17 bits per heavy atom. The van der Waals surface area contributed by atoms with Crippen LogP contribution in [0.4, 0.5) is 0 Å². The van der Waals surface area contributed by atoms with Gasteiger partial charge in [0.05, 0.1) is 30.3 Å². The lowest BCUT2D eigenvalue weighted by atomic mass is 10.3. The maximum absolute atomic E-state index is 10.9. The summed E-state index contributed by atoms with van der Waals surface area (Å²) in [6.07, 6.45) is -1.47. The fourth-order valence-corrected chi connectivity index (χ4v) is 2.87. The van der Waals surface area contributed by atoms with Gasteiger partial charge in [-0.05, 0) is 0 Å². The first-order valence-corrected chi connectivity index (χ1v) is 5.57. The van der Waals surface area contributed by atoms with Crippen LogP contribution in [0.1, 0.15) is 0 Å². The number of hydrogen-bond acceptors (Lipinski definition) is 5. The number of rotatable bonds is 3. The van der Waals surface area contributed by atoms with Crippen molar-refractivity contribution >= 4 is 9.84 Å². The number of aliphatic hydroxyl groups is 1. The van der Waals surface area contributed by atoms with Gasteiger partial charge >= 0.3 is 0 Å². The highest BCUT2D eigenvalue weighted by Gasteiger charge is 2.36. The van der Waals surface area contributed by atoms with Crippen molar-refractivity contribution in [2.45, 2.75) is 12.2 Å². The molecule has 72 valence electrons. The van der Waals surface area contributed by atoms with Gasteiger partial charge in [-0.15, -0.1) is 0 Å².